The molecule has 0 amide bonds. The molecule has 4 N–H and O–H groups in total. The first-order chi connectivity index (χ1) is 18.7. The molecule has 8 nitrogen and oxygen atoms in total. The minimum Gasteiger partial charge on any atom is -0.477 e. The summed E-state index contributed by atoms with van der Waals surface area (Å²) in [6, 6.07) is 8.15. The van der Waals surface area contributed by atoms with Crippen LogP contribution in [0.2, 0.25) is 5.02 Å². The maximum absolute atomic E-state index is 15.0. The Balaban J connectivity index is 1.50. The van der Waals surface area contributed by atoms with Gasteiger partial charge in [0.25, 0.3) is 5.56 Å². The molecule has 39 heavy (non-hydrogen) atoms. The van der Waals surface area contributed by atoms with Gasteiger partial charge in [0.05, 0.1) is 16.4 Å². The molecule has 1 aliphatic heterocycles. The van der Waals surface area contributed by atoms with E-state index in [0.717, 1.165) is 54.0 Å². The normalized spacial score (nSPS) is 20.9. The summed E-state index contributed by atoms with van der Waals surface area (Å²) in [5, 5.41) is 12.6. The quantitative estimate of drug-likeness (QED) is 0.307. The number of fused-ring (bicyclic) bond motifs is 4. The van der Waals surface area contributed by atoms with E-state index >= 15 is 4.39 Å². The molecule has 3 aromatic heterocycles. The van der Waals surface area contributed by atoms with Gasteiger partial charge in [0.1, 0.15) is 11.4 Å². The van der Waals surface area contributed by atoms with Crippen molar-refractivity contribution in [2.45, 2.75) is 25.3 Å². The number of halogens is 2. The van der Waals surface area contributed by atoms with Crippen LogP contribution in [0.3, 0.4) is 0 Å². The van der Waals surface area contributed by atoms with Gasteiger partial charge in [0, 0.05) is 83.9 Å². The Labute approximate surface area is 227 Å². The van der Waals surface area contributed by atoms with Gasteiger partial charge >= 0.3 is 5.97 Å². The molecule has 0 unspecified atom stereocenters. The van der Waals surface area contributed by atoms with E-state index in [4.69, 9.17) is 22.3 Å². The first kappa shape index (κ1) is 24.1. The topological polar surface area (TPSA) is 113 Å². The van der Waals surface area contributed by atoms with Gasteiger partial charge < -0.3 is 21.1 Å². The zero-order valence-corrected chi connectivity index (χ0v) is 21.8. The van der Waals surface area contributed by atoms with Crippen LogP contribution in [0.5, 0.6) is 0 Å². The highest BCUT2D eigenvalue weighted by Crippen LogP contribution is 2.57. The van der Waals surface area contributed by atoms with Crippen LogP contribution in [-0.4, -0.2) is 46.6 Å². The Bertz CT molecular complexity index is 1800. The van der Waals surface area contributed by atoms with Gasteiger partial charge in [-0.25, -0.2) is 9.18 Å². The molecule has 3 aliphatic rings. The van der Waals surface area contributed by atoms with Crippen LogP contribution in [0, 0.1) is 11.2 Å². The number of aromatic carboxylic acids is 1. The van der Waals surface area contributed by atoms with Crippen LogP contribution >= 0.6 is 11.6 Å². The average Bonchev–Trinajstić information content (AvgIpc) is 3.23. The van der Waals surface area contributed by atoms with Crippen LogP contribution in [-0.2, 0) is 6.42 Å². The van der Waals surface area contributed by atoms with Gasteiger partial charge in [-0.15, -0.1) is 0 Å². The van der Waals surface area contributed by atoms with Crippen molar-refractivity contribution in [3.05, 3.63) is 80.7 Å². The van der Waals surface area contributed by atoms with E-state index in [0.29, 0.717) is 28.8 Å². The Morgan fingerprint density at radius 1 is 1.28 bits per heavy atom. The first-order valence-corrected chi connectivity index (χ1v) is 13.2. The molecule has 1 spiro atoms. The first-order valence-electron chi connectivity index (χ1n) is 12.8. The molecular formula is C29H25ClFN5O3. The Kier molecular flexibility index (Phi) is 5.12. The van der Waals surface area contributed by atoms with Crippen LogP contribution in [0.4, 0.5) is 15.8 Å². The van der Waals surface area contributed by atoms with Crippen molar-refractivity contribution < 1.29 is 14.3 Å². The fourth-order valence-corrected chi connectivity index (χ4v) is 6.69. The molecule has 1 aromatic carbocycles. The predicted octanol–water partition coefficient (Wildman–Crippen LogP) is 4.39. The summed E-state index contributed by atoms with van der Waals surface area (Å²) >= 11 is 6.64. The van der Waals surface area contributed by atoms with Crippen molar-refractivity contribution in [3.8, 4) is 22.3 Å². The van der Waals surface area contributed by atoms with E-state index in [2.05, 4.69) is 10.2 Å². The third-order valence-electron chi connectivity index (χ3n) is 8.67. The maximum atomic E-state index is 15.0. The molecule has 0 bridgehead atoms. The second-order valence-corrected chi connectivity index (χ2v) is 11.1. The number of carboxylic acids is 1. The molecule has 0 radical (unpaired) electrons. The fourth-order valence-electron chi connectivity index (χ4n) is 6.43. The van der Waals surface area contributed by atoms with E-state index in [-0.39, 0.29) is 22.0 Å². The molecule has 4 heterocycles. The highest BCUT2D eigenvalue weighted by atomic mass is 35.5. The molecular weight excluding hydrogens is 521 g/mol. The van der Waals surface area contributed by atoms with Gasteiger partial charge in [-0.2, -0.15) is 0 Å². The largest absolute Gasteiger partial charge is 0.477 e. The molecule has 2 fully saturated rings. The molecule has 1 saturated carbocycles. The van der Waals surface area contributed by atoms with Crippen LogP contribution in [0.1, 0.15) is 34.5 Å². The lowest BCUT2D eigenvalue weighted by molar-refractivity contribution is 0.0694. The number of pyridine rings is 3. The number of nitrogens with one attached hydrogen (secondary N) is 1. The second-order valence-electron chi connectivity index (χ2n) is 10.8. The summed E-state index contributed by atoms with van der Waals surface area (Å²) in [7, 11) is 1.75. The molecule has 2 aliphatic carbocycles. The van der Waals surface area contributed by atoms with Crippen LogP contribution in [0.15, 0.2) is 47.5 Å². The van der Waals surface area contributed by atoms with Gasteiger partial charge in [0.2, 0.25) is 0 Å². The van der Waals surface area contributed by atoms with Crippen LogP contribution in [0.25, 0.3) is 27.8 Å². The van der Waals surface area contributed by atoms with Crippen molar-refractivity contribution in [2.75, 3.05) is 30.4 Å². The minimum absolute atomic E-state index is 0.0563. The van der Waals surface area contributed by atoms with Gasteiger partial charge in [0.15, 0.2) is 0 Å². The fraction of sp³-hybridized carbons (Fsp3) is 0.276. The Morgan fingerprint density at radius 3 is 2.74 bits per heavy atom. The maximum Gasteiger partial charge on any atom is 0.341 e. The van der Waals surface area contributed by atoms with Crippen LogP contribution < -0.4 is 21.5 Å². The summed E-state index contributed by atoms with van der Waals surface area (Å²) in [6.07, 6.45) is 5.86. The number of nitrogens with zero attached hydrogens (tertiary/aromatic N) is 3. The third kappa shape index (κ3) is 3.43. The molecule has 7 rings (SSSR count). The third-order valence-corrected chi connectivity index (χ3v) is 9.04. The number of anilines is 2. The molecule has 198 valence electrons. The summed E-state index contributed by atoms with van der Waals surface area (Å²) in [5.74, 6) is -1.79. The van der Waals surface area contributed by atoms with E-state index < -0.39 is 17.3 Å². The predicted molar refractivity (Wildman–Crippen MR) is 148 cm³/mol. The number of carboxylic acid groups (broad SMARTS) is 1. The van der Waals surface area contributed by atoms with Gasteiger partial charge in [-0.05, 0) is 42.7 Å². The van der Waals surface area contributed by atoms with Crippen molar-refractivity contribution >= 4 is 34.5 Å². The second kappa shape index (κ2) is 8.27. The van der Waals surface area contributed by atoms with Crippen molar-refractivity contribution in [3.63, 3.8) is 0 Å². The monoisotopic (exact) mass is 545 g/mol. The summed E-state index contributed by atoms with van der Waals surface area (Å²) in [5.41, 5.74) is 12.2. The van der Waals surface area contributed by atoms with Crippen molar-refractivity contribution in [1.29, 1.82) is 0 Å². The lowest BCUT2D eigenvalue weighted by atomic mass is 9.97. The molecule has 2 atom stereocenters. The molecule has 1 saturated heterocycles. The number of hydrogen-bond acceptors (Lipinski definition) is 6. The molecule has 10 heteroatoms. The number of aromatic nitrogens is 2. The average molecular weight is 546 g/mol. The van der Waals surface area contributed by atoms with E-state index in [1.54, 1.807) is 31.6 Å². The van der Waals surface area contributed by atoms with Gasteiger partial charge in [-0.1, -0.05) is 17.7 Å². The smallest absolute Gasteiger partial charge is 0.341 e. The zero-order chi connectivity index (χ0) is 27.2. The Hall–Kier alpha value is -3.95. The highest BCUT2D eigenvalue weighted by Gasteiger charge is 2.56. The zero-order valence-electron chi connectivity index (χ0n) is 21.1. The number of nitrogens with two attached hydrogens (primary N) is 1. The van der Waals surface area contributed by atoms with Crippen molar-refractivity contribution in [1.82, 2.24) is 9.38 Å². The SMILES string of the molecule is CNc1cc(F)c(Cl)c2c1Cc1ncc(-c3ccc4ccc(C(=O)O)c(=O)n4c3)c(N3CC[C@]4(C[C@@H]4N)C3)c1-2. The number of carbonyl (C=O) groups is 1. The lowest BCUT2D eigenvalue weighted by Crippen LogP contribution is -2.24. The lowest BCUT2D eigenvalue weighted by Gasteiger charge is -2.26. The summed E-state index contributed by atoms with van der Waals surface area (Å²) in [6.45, 7) is 1.53. The van der Waals surface area contributed by atoms with Gasteiger partial charge in [-0.3, -0.25) is 14.2 Å². The standard InChI is InChI=1S/C29H25ClFN5O3/c1-33-20-9-19(31)25(30)23-17(20)8-21-24(23)26(35-7-6-29(13-35)10-22(29)32)18(11-34-21)14-2-3-15-4-5-16(28(38)39)27(37)36(15)12-14/h2-5,9,11-12,22,33H,6-8,10,13,32H2,1H3,(H,38,39)/t22-,29-/m0/s1. The van der Waals surface area contributed by atoms with E-state index in [1.165, 1.54) is 16.5 Å². The number of hydrogen-bond donors (Lipinski definition) is 3. The summed E-state index contributed by atoms with van der Waals surface area (Å²) < 4.78 is 16.4. The van der Waals surface area contributed by atoms with E-state index in [9.17, 15) is 14.7 Å². The van der Waals surface area contributed by atoms with E-state index in [1.807, 2.05) is 6.07 Å². The van der Waals surface area contributed by atoms with Crippen molar-refractivity contribution in [2.24, 2.45) is 11.1 Å². The highest BCUT2D eigenvalue weighted by molar-refractivity contribution is 6.34. The minimum atomic E-state index is -1.28. The number of rotatable bonds is 4. The summed E-state index contributed by atoms with van der Waals surface area (Å²) in [4.78, 5) is 31.7. The Morgan fingerprint density at radius 2 is 2.05 bits per heavy atom. The number of benzene rings is 1. The molecule has 4 aromatic rings.